The number of hydrogen-bond acceptors (Lipinski definition) is 4. The quantitative estimate of drug-likeness (QED) is 0.638. The average molecular weight is 466 g/mol. The zero-order valence-electron chi connectivity index (χ0n) is 17.0. The van der Waals surface area contributed by atoms with E-state index in [0.717, 1.165) is 12.1 Å². The zero-order valence-corrected chi connectivity index (χ0v) is 17.0. The lowest BCUT2D eigenvalue weighted by Crippen LogP contribution is -2.46. The number of carbonyl (C=O) groups is 1. The molecule has 3 rings (SSSR count). The van der Waals surface area contributed by atoms with Crippen molar-refractivity contribution in [3.8, 4) is 12.1 Å². The molecule has 0 radical (unpaired) electrons. The minimum absolute atomic E-state index is 0.277. The number of carbonyl (C=O) groups excluding carboxylic acids is 1. The van der Waals surface area contributed by atoms with Crippen molar-refractivity contribution in [2.75, 3.05) is 5.32 Å². The summed E-state index contributed by atoms with van der Waals surface area (Å²) in [5.41, 5.74) is -1.16. The number of benzene rings is 2. The number of alkyl halides is 6. The number of nitrogens with one attached hydrogen (secondary N) is 2. The van der Waals surface area contributed by atoms with Crippen LogP contribution in [-0.2, 0) is 11.0 Å². The van der Waals surface area contributed by atoms with Crippen LogP contribution in [0.1, 0.15) is 40.2 Å². The molecule has 1 saturated heterocycles. The molecule has 5 nitrogen and oxygen atoms in total. The first kappa shape index (κ1) is 24.1. The summed E-state index contributed by atoms with van der Waals surface area (Å²) in [5, 5.41) is 22.5. The molecule has 11 heteroatoms. The lowest BCUT2D eigenvalue weighted by atomic mass is 9.88. The second-order valence-electron chi connectivity index (χ2n) is 7.63. The van der Waals surface area contributed by atoms with Crippen molar-refractivity contribution >= 4 is 11.6 Å². The van der Waals surface area contributed by atoms with Crippen LogP contribution in [0, 0.1) is 29.6 Å². The largest absolute Gasteiger partial charge is 0.417 e. The van der Waals surface area contributed by atoms with Crippen LogP contribution in [0.5, 0.6) is 0 Å². The van der Waals surface area contributed by atoms with Gasteiger partial charge in [0.2, 0.25) is 5.91 Å². The highest BCUT2D eigenvalue weighted by Crippen LogP contribution is 2.42. The summed E-state index contributed by atoms with van der Waals surface area (Å²) in [6, 6.07) is 6.50. The number of hydrogen-bond donors (Lipinski definition) is 2. The summed E-state index contributed by atoms with van der Waals surface area (Å²) in [6.07, 6.45) is -10.2. The van der Waals surface area contributed by atoms with Gasteiger partial charge < -0.3 is 5.32 Å². The van der Waals surface area contributed by atoms with Crippen LogP contribution in [-0.4, -0.2) is 24.2 Å². The van der Waals surface area contributed by atoms with E-state index in [1.165, 1.54) is 24.3 Å². The monoisotopic (exact) mass is 466 g/mol. The third-order valence-corrected chi connectivity index (χ3v) is 5.45. The number of nitriles is 2. The lowest BCUT2D eigenvalue weighted by molar-refractivity contribution is -0.156. The summed E-state index contributed by atoms with van der Waals surface area (Å²) in [6.45, 7) is 1.61. The molecule has 1 unspecified atom stereocenters. The van der Waals surface area contributed by atoms with Gasteiger partial charge in [-0.15, -0.1) is 0 Å². The Bertz CT molecular complexity index is 1160. The van der Waals surface area contributed by atoms with Crippen LogP contribution in [0.3, 0.4) is 0 Å². The second kappa shape index (κ2) is 8.75. The molecule has 1 heterocycles. The van der Waals surface area contributed by atoms with Gasteiger partial charge in [-0.3, -0.25) is 10.1 Å². The van der Waals surface area contributed by atoms with Crippen LogP contribution in [0.15, 0.2) is 36.4 Å². The molecule has 1 amide bonds. The predicted molar refractivity (Wildman–Crippen MR) is 105 cm³/mol. The smallest absolute Gasteiger partial charge is 0.324 e. The van der Waals surface area contributed by atoms with Crippen molar-refractivity contribution in [2.24, 2.45) is 0 Å². The number of amides is 1. The number of aryl methyl sites for hydroxylation is 1. The van der Waals surface area contributed by atoms with Gasteiger partial charge in [0.25, 0.3) is 0 Å². The number of anilines is 1. The van der Waals surface area contributed by atoms with E-state index in [1.807, 2.05) is 6.07 Å². The van der Waals surface area contributed by atoms with Crippen LogP contribution in [0.2, 0.25) is 0 Å². The van der Waals surface area contributed by atoms with Crippen LogP contribution < -0.4 is 10.6 Å². The lowest BCUT2D eigenvalue weighted by Gasteiger charge is -2.23. The molecule has 0 bridgehead atoms. The number of halogens is 6. The Hall–Kier alpha value is -3.57. The summed E-state index contributed by atoms with van der Waals surface area (Å²) in [5.74, 6) is -2.26. The number of nitrogens with zero attached hydrogens (tertiary/aromatic N) is 2. The molecule has 33 heavy (non-hydrogen) atoms. The van der Waals surface area contributed by atoms with E-state index in [9.17, 15) is 31.1 Å². The molecule has 1 aliphatic heterocycles. The maximum absolute atomic E-state index is 13.7. The first-order valence-electron chi connectivity index (χ1n) is 9.60. The maximum Gasteiger partial charge on any atom is 0.417 e. The molecular weight excluding hydrogens is 450 g/mol. The van der Waals surface area contributed by atoms with Crippen molar-refractivity contribution in [1.82, 2.24) is 5.32 Å². The third kappa shape index (κ3) is 5.10. The van der Waals surface area contributed by atoms with Gasteiger partial charge >= 0.3 is 12.4 Å². The fourth-order valence-electron chi connectivity index (χ4n) is 3.84. The molecule has 0 aromatic heterocycles. The third-order valence-electron chi connectivity index (χ3n) is 5.45. The molecule has 2 N–H and O–H groups in total. The highest BCUT2D eigenvalue weighted by atomic mass is 19.4. The minimum atomic E-state index is -4.93. The fraction of sp³-hybridized carbons (Fsp3) is 0.318. The molecular formula is C22H16F6N4O. The summed E-state index contributed by atoms with van der Waals surface area (Å²) >= 11 is 0. The van der Waals surface area contributed by atoms with Gasteiger partial charge in [-0.25, -0.2) is 0 Å². The molecule has 172 valence electrons. The maximum atomic E-state index is 13.7. The van der Waals surface area contributed by atoms with Crippen molar-refractivity contribution in [2.45, 2.75) is 43.7 Å². The van der Waals surface area contributed by atoms with Crippen LogP contribution in [0.25, 0.3) is 0 Å². The Balaban J connectivity index is 1.91. The highest BCUT2D eigenvalue weighted by Gasteiger charge is 2.52. The van der Waals surface area contributed by atoms with Gasteiger partial charge in [-0.05, 0) is 54.8 Å². The van der Waals surface area contributed by atoms with Gasteiger partial charge in [-0.1, -0.05) is 6.07 Å². The van der Waals surface area contributed by atoms with E-state index in [2.05, 4.69) is 10.6 Å². The first-order valence-corrected chi connectivity index (χ1v) is 9.60. The van der Waals surface area contributed by atoms with E-state index in [0.29, 0.717) is 22.9 Å². The Morgan fingerprint density at radius 1 is 1.06 bits per heavy atom. The zero-order chi connectivity index (χ0) is 24.6. The van der Waals surface area contributed by atoms with E-state index >= 15 is 0 Å². The normalized spacial score (nSPS) is 20.7. The van der Waals surface area contributed by atoms with Crippen molar-refractivity contribution in [1.29, 1.82) is 10.5 Å². The van der Waals surface area contributed by atoms with E-state index in [4.69, 9.17) is 10.5 Å². The van der Waals surface area contributed by atoms with Gasteiger partial charge in [0.05, 0.1) is 34.9 Å². The molecule has 2 aromatic carbocycles. The van der Waals surface area contributed by atoms with E-state index in [1.54, 1.807) is 6.92 Å². The predicted octanol–water partition coefficient (Wildman–Crippen LogP) is 4.77. The molecule has 0 saturated carbocycles. The van der Waals surface area contributed by atoms with Gasteiger partial charge in [-0.2, -0.15) is 36.9 Å². The summed E-state index contributed by atoms with van der Waals surface area (Å²) in [7, 11) is 0. The Kier molecular flexibility index (Phi) is 6.39. The van der Waals surface area contributed by atoms with E-state index < -0.39 is 53.8 Å². The molecule has 0 aliphatic carbocycles. The summed E-state index contributed by atoms with van der Waals surface area (Å²) < 4.78 is 81.0. The Morgan fingerprint density at radius 2 is 1.76 bits per heavy atom. The molecule has 3 atom stereocenters. The number of rotatable bonds is 3. The SMILES string of the molecule is Cc1cc(C#N)ccc1NC(=O)[C@@H]1CC(c2ccc(C#N)c(C(F)(F)F)c2)[C@H](C(F)(F)F)N1. The Morgan fingerprint density at radius 3 is 2.30 bits per heavy atom. The topological polar surface area (TPSA) is 88.7 Å². The molecule has 1 aliphatic rings. The summed E-state index contributed by atoms with van der Waals surface area (Å²) in [4.78, 5) is 12.7. The first-order chi connectivity index (χ1) is 15.3. The molecule has 1 fully saturated rings. The average Bonchev–Trinajstić information content (AvgIpc) is 3.20. The van der Waals surface area contributed by atoms with Gasteiger partial charge in [0.1, 0.15) is 6.04 Å². The van der Waals surface area contributed by atoms with Gasteiger partial charge in [0.15, 0.2) is 0 Å². The molecule has 2 aromatic rings. The van der Waals surface area contributed by atoms with Crippen molar-refractivity contribution in [3.63, 3.8) is 0 Å². The van der Waals surface area contributed by atoms with Gasteiger partial charge in [0, 0.05) is 11.6 Å². The standard InChI is InChI=1S/C22H16F6N4O/c1-11-6-12(9-29)2-5-17(11)32-20(33)18-8-15(19(31-18)22(26,27)28)13-3-4-14(10-30)16(7-13)21(23,24)25/h2-7,15,18-19,31H,8H2,1H3,(H,32,33)/t15?,18-,19+/m0/s1. The van der Waals surface area contributed by atoms with Crippen LogP contribution in [0.4, 0.5) is 32.0 Å². The van der Waals surface area contributed by atoms with Crippen LogP contribution >= 0.6 is 0 Å². The molecule has 0 spiro atoms. The highest BCUT2D eigenvalue weighted by molar-refractivity contribution is 5.96. The van der Waals surface area contributed by atoms with Crippen molar-refractivity contribution in [3.05, 3.63) is 64.2 Å². The fourth-order valence-corrected chi connectivity index (χ4v) is 3.84. The second-order valence-corrected chi connectivity index (χ2v) is 7.63. The minimum Gasteiger partial charge on any atom is -0.324 e. The van der Waals surface area contributed by atoms with E-state index in [-0.39, 0.29) is 5.56 Å². The Labute approximate surface area is 184 Å². The van der Waals surface area contributed by atoms with Crippen molar-refractivity contribution < 1.29 is 31.1 Å².